The third-order valence-corrected chi connectivity index (χ3v) is 5.52. The van der Waals surface area contributed by atoms with E-state index in [1.807, 2.05) is 31.2 Å². The number of hydrogen-bond acceptors (Lipinski definition) is 2. The number of carbonyl (C=O) groups excluding carboxylic acids is 1. The Morgan fingerprint density at radius 2 is 1.78 bits per heavy atom. The molecule has 23 heavy (non-hydrogen) atoms. The molecule has 0 radical (unpaired) electrons. The van der Waals surface area contributed by atoms with Gasteiger partial charge in [0.05, 0.1) is 0 Å². The maximum Gasteiger partial charge on any atom is 0.251 e. The topological polar surface area (TPSA) is 32.3 Å². The van der Waals surface area contributed by atoms with Crippen LogP contribution >= 0.6 is 0 Å². The number of amides is 1. The maximum absolute atomic E-state index is 12.5. The molecule has 3 nitrogen and oxygen atoms in total. The fourth-order valence-corrected chi connectivity index (χ4v) is 4.17. The van der Waals surface area contributed by atoms with E-state index in [-0.39, 0.29) is 5.91 Å². The first-order valence-corrected chi connectivity index (χ1v) is 9.34. The zero-order valence-corrected chi connectivity index (χ0v) is 14.4. The summed E-state index contributed by atoms with van der Waals surface area (Å²) < 4.78 is 0. The number of likely N-dealkylation sites (tertiary alicyclic amines) is 1. The fourth-order valence-electron chi connectivity index (χ4n) is 4.17. The van der Waals surface area contributed by atoms with Gasteiger partial charge in [-0.3, -0.25) is 9.69 Å². The zero-order valence-electron chi connectivity index (χ0n) is 14.4. The van der Waals surface area contributed by atoms with Crippen LogP contribution < -0.4 is 5.32 Å². The highest BCUT2D eigenvalue weighted by Crippen LogP contribution is 2.24. The van der Waals surface area contributed by atoms with Gasteiger partial charge in [0.15, 0.2) is 0 Å². The van der Waals surface area contributed by atoms with Gasteiger partial charge in [0.2, 0.25) is 0 Å². The van der Waals surface area contributed by atoms with Gasteiger partial charge in [0.1, 0.15) is 0 Å². The molecule has 3 rings (SSSR count). The van der Waals surface area contributed by atoms with Crippen molar-refractivity contribution in [3.05, 3.63) is 35.4 Å². The Hall–Kier alpha value is -1.35. The van der Waals surface area contributed by atoms with Gasteiger partial charge in [0, 0.05) is 24.2 Å². The number of hydrogen-bond donors (Lipinski definition) is 1. The van der Waals surface area contributed by atoms with Crippen LogP contribution in [0.1, 0.15) is 67.3 Å². The molecule has 0 unspecified atom stereocenters. The van der Waals surface area contributed by atoms with Crippen LogP contribution in [0, 0.1) is 6.92 Å². The highest BCUT2D eigenvalue weighted by Gasteiger charge is 2.27. The van der Waals surface area contributed by atoms with E-state index in [4.69, 9.17) is 0 Å². The zero-order chi connectivity index (χ0) is 16.1. The van der Waals surface area contributed by atoms with Gasteiger partial charge in [-0.05, 0) is 50.8 Å². The van der Waals surface area contributed by atoms with E-state index in [1.54, 1.807) is 0 Å². The molecule has 1 aliphatic carbocycles. The first-order chi connectivity index (χ1) is 11.2. The van der Waals surface area contributed by atoms with Crippen molar-refractivity contribution in [2.75, 3.05) is 13.1 Å². The molecule has 0 aromatic heterocycles. The third kappa shape index (κ3) is 4.35. The lowest BCUT2D eigenvalue weighted by Crippen LogP contribution is -2.51. The molecule has 1 aliphatic heterocycles. The minimum atomic E-state index is 0.0933. The number of aryl methyl sites for hydroxylation is 1. The lowest BCUT2D eigenvalue weighted by Gasteiger charge is -2.38. The molecular weight excluding hydrogens is 284 g/mol. The van der Waals surface area contributed by atoms with Crippen molar-refractivity contribution in [3.8, 4) is 0 Å². The summed E-state index contributed by atoms with van der Waals surface area (Å²) in [6.07, 6.45) is 10.6. The smallest absolute Gasteiger partial charge is 0.251 e. The summed E-state index contributed by atoms with van der Waals surface area (Å²) in [4.78, 5) is 15.2. The van der Waals surface area contributed by atoms with Crippen LogP contribution in [0.4, 0.5) is 0 Å². The van der Waals surface area contributed by atoms with Crippen LogP contribution in [-0.4, -0.2) is 36.0 Å². The molecule has 1 aromatic carbocycles. The summed E-state index contributed by atoms with van der Waals surface area (Å²) in [5, 5.41) is 3.28. The molecule has 1 N–H and O–H groups in total. The monoisotopic (exact) mass is 314 g/mol. The number of nitrogens with one attached hydrogen (secondary N) is 1. The largest absolute Gasteiger partial charge is 0.348 e. The second kappa shape index (κ2) is 7.96. The van der Waals surface area contributed by atoms with Crippen LogP contribution in [0.2, 0.25) is 0 Å². The first-order valence-electron chi connectivity index (χ1n) is 9.34. The quantitative estimate of drug-likeness (QED) is 0.858. The predicted octanol–water partition coefficient (Wildman–Crippen LogP) is 3.91. The Morgan fingerprint density at radius 3 is 2.52 bits per heavy atom. The summed E-state index contributed by atoms with van der Waals surface area (Å²) in [6, 6.07) is 8.92. The Bertz CT molecular complexity index is 520. The van der Waals surface area contributed by atoms with Crippen LogP contribution in [0.15, 0.2) is 24.3 Å². The van der Waals surface area contributed by atoms with Gasteiger partial charge >= 0.3 is 0 Å². The van der Waals surface area contributed by atoms with E-state index in [1.165, 1.54) is 51.5 Å². The minimum Gasteiger partial charge on any atom is -0.348 e. The molecule has 0 bridgehead atoms. The van der Waals surface area contributed by atoms with Gasteiger partial charge < -0.3 is 5.32 Å². The molecule has 1 amide bonds. The lowest BCUT2D eigenvalue weighted by molar-refractivity contribution is 0.0860. The second-order valence-corrected chi connectivity index (χ2v) is 7.27. The molecular formula is C20H30N2O. The van der Waals surface area contributed by atoms with Crippen LogP contribution in [0.25, 0.3) is 0 Å². The molecule has 1 saturated heterocycles. The predicted molar refractivity (Wildman–Crippen MR) is 94.7 cm³/mol. The summed E-state index contributed by atoms with van der Waals surface area (Å²) >= 11 is 0. The summed E-state index contributed by atoms with van der Waals surface area (Å²) in [7, 11) is 0. The minimum absolute atomic E-state index is 0.0933. The summed E-state index contributed by atoms with van der Waals surface area (Å²) in [5.41, 5.74) is 1.88. The molecule has 126 valence electrons. The SMILES string of the molecule is Cc1ccccc1C(=O)N[C@@H]1CCCN(C2CCCCCC2)C1. The first kappa shape index (κ1) is 16.5. The van der Waals surface area contributed by atoms with Crippen molar-refractivity contribution in [2.24, 2.45) is 0 Å². The Balaban J connectivity index is 1.58. The second-order valence-electron chi connectivity index (χ2n) is 7.27. The Kier molecular flexibility index (Phi) is 5.71. The number of rotatable bonds is 3. The van der Waals surface area contributed by atoms with Gasteiger partial charge in [-0.25, -0.2) is 0 Å². The van der Waals surface area contributed by atoms with Crippen molar-refractivity contribution in [2.45, 2.75) is 70.4 Å². The van der Waals surface area contributed by atoms with Crippen LogP contribution in [-0.2, 0) is 0 Å². The Morgan fingerprint density at radius 1 is 1.04 bits per heavy atom. The van der Waals surface area contributed by atoms with Crippen molar-refractivity contribution in [1.29, 1.82) is 0 Å². The number of piperidine rings is 1. The van der Waals surface area contributed by atoms with E-state index < -0.39 is 0 Å². The van der Waals surface area contributed by atoms with Gasteiger partial charge in [-0.15, -0.1) is 0 Å². The molecule has 1 aromatic rings. The highest BCUT2D eigenvalue weighted by atomic mass is 16.1. The molecule has 0 spiro atoms. The standard InChI is InChI=1S/C20H30N2O/c1-16-9-6-7-13-19(16)20(23)21-17-10-8-14-22(15-17)18-11-4-2-3-5-12-18/h6-7,9,13,17-18H,2-5,8,10-12,14-15H2,1H3,(H,21,23)/t17-/m1/s1. The van der Waals surface area contributed by atoms with E-state index in [0.717, 1.165) is 30.1 Å². The van der Waals surface area contributed by atoms with Crippen molar-refractivity contribution >= 4 is 5.91 Å². The molecule has 2 fully saturated rings. The normalized spacial score (nSPS) is 24.1. The average Bonchev–Trinajstić information content (AvgIpc) is 2.85. The fraction of sp³-hybridized carbons (Fsp3) is 0.650. The van der Waals surface area contributed by atoms with Crippen molar-refractivity contribution in [3.63, 3.8) is 0 Å². The van der Waals surface area contributed by atoms with Crippen LogP contribution in [0.5, 0.6) is 0 Å². The van der Waals surface area contributed by atoms with E-state index in [2.05, 4.69) is 10.2 Å². The van der Waals surface area contributed by atoms with Crippen molar-refractivity contribution < 1.29 is 4.79 Å². The highest BCUT2D eigenvalue weighted by molar-refractivity contribution is 5.95. The number of carbonyl (C=O) groups is 1. The number of nitrogens with zero attached hydrogens (tertiary/aromatic N) is 1. The average molecular weight is 314 g/mol. The lowest BCUT2D eigenvalue weighted by atomic mass is 9.99. The summed E-state index contributed by atoms with van der Waals surface area (Å²) in [6.45, 7) is 4.25. The van der Waals surface area contributed by atoms with Gasteiger partial charge in [0.25, 0.3) is 5.91 Å². The Labute approximate surface area is 140 Å². The summed E-state index contributed by atoms with van der Waals surface area (Å²) in [5.74, 6) is 0.0933. The molecule has 3 heteroatoms. The van der Waals surface area contributed by atoms with Gasteiger partial charge in [-0.2, -0.15) is 0 Å². The van der Waals surface area contributed by atoms with Crippen molar-refractivity contribution in [1.82, 2.24) is 10.2 Å². The van der Waals surface area contributed by atoms with Crippen LogP contribution in [0.3, 0.4) is 0 Å². The van der Waals surface area contributed by atoms with Gasteiger partial charge in [-0.1, -0.05) is 43.9 Å². The maximum atomic E-state index is 12.5. The van der Waals surface area contributed by atoms with E-state index in [0.29, 0.717) is 6.04 Å². The van der Waals surface area contributed by atoms with E-state index in [9.17, 15) is 4.79 Å². The van der Waals surface area contributed by atoms with E-state index >= 15 is 0 Å². The number of benzene rings is 1. The molecule has 1 heterocycles. The molecule has 1 atom stereocenters. The molecule has 2 aliphatic rings. The third-order valence-electron chi connectivity index (χ3n) is 5.52. The molecule has 1 saturated carbocycles.